The van der Waals surface area contributed by atoms with E-state index in [9.17, 15) is 22.8 Å². The van der Waals surface area contributed by atoms with Crippen molar-refractivity contribution < 1.29 is 32.7 Å². The minimum Gasteiger partial charge on any atom is -0.475 e. The quantitative estimate of drug-likeness (QED) is 0.168. The van der Waals surface area contributed by atoms with Crippen LogP contribution in [0.2, 0.25) is 0 Å². The fourth-order valence-corrected chi connectivity index (χ4v) is 11.4. The van der Waals surface area contributed by atoms with Crippen molar-refractivity contribution in [1.29, 1.82) is 0 Å². The van der Waals surface area contributed by atoms with Crippen molar-refractivity contribution in [3.63, 3.8) is 0 Å². The molecule has 4 heterocycles. The van der Waals surface area contributed by atoms with E-state index >= 15 is 0 Å². The van der Waals surface area contributed by atoms with E-state index in [1.807, 2.05) is 24.3 Å². The van der Waals surface area contributed by atoms with Gasteiger partial charge in [-0.2, -0.15) is 13.2 Å². The van der Waals surface area contributed by atoms with Gasteiger partial charge in [-0.3, -0.25) is 19.4 Å². The second-order valence-corrected chi connectivity index (χ2v) is 18.0. The first-order chi connectivity index (χ1) is 28.5. The van der Waals surface area contributed by atoms with Crippen molar-refractivity contribution in [2.45, 2.75) is 145 Å². The summed E-state index contributed by atoms with van der Waals surface area (Å²) < 4.78 is 31.7. The lowest BCUT2D eigenvalue weighted by Gasteiger charge is -2.31. The summed E-state index contributed by atoms with van der Waals surface area (Å²) in [6, 6.07) is 29.3. The Kier molecular flexibility index (Phi) is 12.8. The van der Waals surface area contributed by atoms with E-state index in [0.717, 1.165) is 48.6 Å². The molecule has 3 N–H and O–H groups in total. The van der Waals surface area contributed by atoms with Crippen LogP contribution in [0.4, 0.5) is 13.2 Å². The summed E-state index contributed by atoms with van der Waals surface area (Å²) in [6.45, 7) is 2.42. The molecule has 3 aromatic carbocycles. The van der Waals surface area contributed by atoms with Gasteiger partial charge in [-0.1, -0.05) is 60.7 Å². The summed E-state index contributed by atoms with van der Waals surface area (Å²) in [5, 5.41) is 13.8. The van der Waals surface area contributed by atoms with Crippen LogP contribution in [-0.4, -0.2) is 64.0 Å². The van der Waals surface area contributed by atoms with Gasteiger partial charge in [0.1, 0.15) is 0 Å². The van der Waals surface area contributed by atoms with E-state index in [4.69, 9.17) is 9.90 Å². The zero-order valence-electron chi connectivity index (χ0n) is 34.0. The molecule has 2 saturated heterocycles. The van der Waals surface area contributed by atoms with Crippen LogP contribution in [0, 0.1) is 11.8 Å². The van der Waals surface area contributed by atoms with Crippen LogP contribution < -0.4 is 10.6 Å². The maximum Gasteiger partial charge on any atom is 0.490 e. The third-order valence-corrected chi connectivity index (χ3v) is 14.5. The summed E-state index contributed by atoms with van der Waals surface area (Å²) in [6.07, 6.45) is 13.2. The average molecular weight is 813 g/mol. The molecule has 4 atom stereocenters. The second-order valence-electron chi connectivity index (χ2n) is 18.0. The van der Waals surface area contributed by atoms with E-state index in [0.29, 0.717) is 43.1 Å². The third-order valence-electron chi connectivity index (χ3n) is 14.5. The van der Waals surface area contributed by atoms with E-state index < -0.39 is 12.1 Å². The Labute approximate surface area is 346 Å². The highest BCUT2D eigenvalue weighted by molar-refractivity contribution is 5.94. The molecule has 3 aromatic rings. The number of nitrogens with one attached hydrogen (secondary N) is 2. The number of alkyl halides is 3. The highest BCUT2D eigenvalue weighted by Crippen LogP contribution is 2.54. The minimum atomic E-state index is -5.08. The molecule has 11 heteroatoms. The number of hydrogen-bond donors (Lipinski definition) is 3. The molecule has 9 rings (SSSR count). The number of amides is 2. The van der Waals surface area contributed by atoms with Crippen molar-refractivity contribution in [1.82, 2.24) is 20.4 Å². The first kappa shape index (κ1) is 41.5. The van der Waals surface area contributed by atoms with Crippen molar-refractivity contribution in [2.75, 3.05) is 13.1 Å². The molecule has 0 spiro atoms. The van der Waals surface area contributed by atoms with Crippen LogP contribution in [0.25, 0.3) is 0 Å². The van der Waals surface area contributed by atoms with Gasteiger partial charge >= 0.3 is 12.1 Å². The van der Waals surface area contributed by atoms with Gasteiger partial charge in [-0.05, 0) is 161 Å². The number of carbonyl (C=O) groups excluding carboxylic acids is 2. The predicted octanol–water partition coefficient (Wildman–Crippen LogP) is 9.78. The fourth-order valence-electron chi connectivity index (χ4n) is 11.4. The lowest BCUT2D eigenvalue weighted by atomic mass is 9.84. The van der Waals surface area contributed by atoms with Crippen molar-refractivity contribution in [3.05, 3.63) is 106 Å². The molecule has 2 saturated carbocycles. The number of carboxylic acid groups (broad SMARTS) is 1. The van der Waals surface area contributed by atoms with Gasteiger partial charge in [0.25, 0.3) is 5.91 Å². The normalized spacial score (nSPS) is 28.3. The molecule has 8 nitrogen and oxygen atoms in total. The van der Waals surface area contributed by atoms with Crippen molar-refractivity contribution >= 4 is 17.8 Å². The van der Waals surface area contributed by atoms with Gasteiger partial charge in [0.15, 0.2) is 0 Å². The van der Waals surface area contributed by atoms with Crippen molar-refractivity contribution in [3.8, 4) is 0 Å². The molecule has 2 aliphatic carbocycles. The Bertz CT molecular complexity index is 1880. The number of aryl methyl sites for hydroxylation is 1. The van der Waals surface area contributed by atoms with Crippen LogP contribution >= 0.6 is 0 Å². The molecule has 0 unspecified atom stereocenters. The molecule has 0 aromatic heterocycles. The lowest BCUT2D eigenvalue weighted by molar-refractivity contribution is -0.192. The largest absolute Gasteiger partial charge is 0.490 e. The van der Waals surface area contributed by atoms with E-state index in [1.165, 1.54) is 77.3 Å². The molecule has 2 amide bonds. The summed E-state index contributed by atoms with van der Waals surface area (Å²) in [5.41, 5.74) is 8.15. The topological polar surface area (TPSA) is 102 Å². The van der Waals surface area contributed by atoms with Gasteiger partial charge in [0, 0.05) is 48.2 Å². The Hall–Kier alpha value is -4.22. The first-order valence-corrected chi connectivity index (χ1v) is 22.2. The number of fused-ring (bicyclic) bond motifs is 10. The average Bonchev–Trinajstić information content (AvgIpc) is 4.01. The zero-order chi connectivity index (χ0) is 41.1. The monoisotopic (exact) mass is 812 g/mol. The zero-order valence-corrected chi connectivity index (χ0v) is 34.0. The van der Waals surface area contributed by atoms with Gasteiger partial charge in [-0.25, -0.2) is 4.79 Å². The Morgan fingerprint density at radius 1 is 0.576 bits per heavy atom. The Morgan fingerprint density at radius 3 is 1.36 bits per heavy atom. The fraction of sp³-hybridized carbons (Fsp3) is 0.562. The van der Waals surface area contributed by atoms with Gasteiger partial charge in [0.2, 0.25) is 5.91 Å². The van der Waals surface area contributed by atoms with E-state index in [2.05, 4.69) is 69.0 Å². The molecule has 59 heavy (non-hydrogen) atoms. The number of halogens is 3. The SMILES string of the molecule is O=C(CCc1ccc(C(=O)NC2CCC(CCN3[C@@H]4CC[C@H]3c3ccccc34)CC2)cc1)NC1CCC(CCN2[C@@H]3CC[C@H]2c2ccccc23)CC1.O=C(O)C(F)(F)F. The highest BCUT2D eigenvalue weighted by atomic mass is 19.4. The molecule has 0 radical (unpaired) electrons. The number of carbonyl (C=O) groups is 3. The number of carboxylic acids is 1. The van der Waals surface area contributed by atoms with Crippen LogP contribution in [0.5, 0.6) is 0 Å². The molecule has 4 aliphatic heterocycles. The number of aliphatic carboxylic acids is 1. The maximum absolute atomic E-state index is 13.1. The molecule has 4 fully saturated rings. The number of rotatable bonds is 12. The van der Waals surface area contributed by atoms with Crippen LogP contribution in [0.1, 0.15) is 159 Å². The molecule has 6 aliphatic rings. The number of nitrogens with zero attached hydrogens (tertiary/aromatic N) is 2. The predicted molar refractivity (Wildman–Crippen MR) is 221 cm³/mol. The Morgan fingerprint density at radius 2 is 0.966 bits per heavy atom. The maximum atomic E-state index is 13.1. The second kappa shape index (κ2) is 18.2. The van der Waals surface area contributed by atoms with E-state index in [1.54, 1.807) is 22.3 Å². The summed E-state index contributed by atoms with van der Waals surface area (Å²) in [7, 11) is 0. The number of hydrogen-bond acceptors (Lipinski definition) is 5. The van der Waals surface area contributed by atoms with Crippen LogP contribution in [-0.2, 0) is 16.0 Å². The molecule has 4 bridgehead atoms. The molecule has 316 valence electrons. The minimum absolute atomic E-state index is 0.0348. The van der Waals surface area contributed by atoms with Gasteiger partial charge < -0.3 is 15.7 Å². The smallest absolute Gasteiger partial charge is 0.475 e. The third kappa shape index (κ3) is 9.57. The van der Waals surface area contributed by atoms with Crippen LogP contribution in [0.15, 0.2) is 72.8 Å². The molecular formula is C48H59F3N4O4. The van der Waals surface area contributed by atoms with Crippen LogP contribution in [0.3, 0.4) is 0 Å². The highest BCUT2D eigenvalue weighted by Gasteiger charge is 2.44. The standard InChI is InChI=1S/C46H58N4O2.C2HF3O2/c51-45(47-35-18-11-32(12-19-35)27-29-49-41-22-23-42(49)38-6-2-1-5-37(38)41)26-15-31-9-16-34(17-10-31)46(52)48-36-20-13-33(14-21-36)28-30-50-43-24-25-44(50)40-8-4-3-7-39(40)43;3-2(4,5)1(6)7/h1-10,16-17,32-33,35-36,41-44H,11-15,18-30H2,(H,47,51)(H,48,52);(H,6,7)/t32?,33?,35?,36?,41-,42+,43-,44+;. The summed E-state index contributed by atoms with van der Waals surface area (Å²) in [5.74, 6) is -1.02. The Balaban J connectivity index is 0.000000637. The van der Waals surface area contributed by atoms with E-state index in [-0.39, 0.29) is 17.9 Å². The van der Waals surface area contributed by atoms with Gasteiger partial charge in [0.05, 0.1) is 0 Å². The first-order valence-electron chi connectivity index (χ1n) is 22.2. The number of benzene rings is 3. The van der Waals surface area contributed by atoms with Gasteiger partial charge in [-0.15, -0.1) is 0 Å². The van der Waals surface area contributed by atoms with Crippen molar-refractivity contribution in [2.24, 2.45) is 11.8 Å². The summed E-state index contributed by atoms with van der Waals surface area (Å²) in [4.78, 5) is 40.4. The molecular weight excluding hydrogens is 754 g/mol. The lowest BCUT2D eigenvalue weighted by Crippen LogP contribution is -2.38. The summed E-state index contributed by atoms with van der Waals surface area (Å²) >= 11 is 0.